The number of thioether (sulfide) groups is 1. The molecular weight excluding hydrogens is 344 g/mol. The van der Waals surface area contributed by atoms with Crippen molar-refractivity contribution in [1.29, 1.82) is 5.26 Å². The predicted octanol–water partition coefficient (Wildman–Crippen LogP) is 5.28. The molecule has 0 aliphatic rings. The molecular formula is C20H18N4OS. The lowest BCUT2D eigenvalue weighted by Crippen LogP contribution is -1.96. The Hall–Kier alpha value is -3.04. The lowest BCUT2D eigenvalue weighted by molar-refractivity contribution is 0.480. The van der Waals surface area contributed by atoms with E-state index in [9.17, 15) is 0 Å². The molecule has 2 aromatic carbocycles. The Morgan fingerprint density at radius 2 is 2.08 bits per heavy atom. The van der Waals surface area contributed by atoms with E-state index in [4.69, 9.17) is 10.00 Å². The summed E-state index contributed by atoms with van der Waals surface area (Å²) in [6.45, 7) is 1.94. The fourth-order valence-electron chi connectivity index (χ4n) is 2.40. The fourth-order valence-corrected chi connectivity index (χ4v) is 2.81. The molecule has 0 aliphatic carbocycles. The zero-order valence-electron chi connectivity index (χ0n) is 14.6. The summed E-state index contributed by atoms with van der Waals surface area (Å²) in [5.41, 5.74) is 2.53. The van der Waals surface area contributed by atoms with Crippen molar-refractivity contribution in [2.75, 3.05) is 6.26 Å². The summed E-state index contributed by atoms with van der Waals surface area (Å²) in [5, 5.41) is 9.69. The molecule has 0 radical (unpaired) electrons. The van der Waals surface area contributed by atoms with Gasteiger partial charge in [0.1, 0.15) is 5.75 Å². The molecule has 0 amide bonds. The van der Waals surface area contributed by atoms with E-state index in [1.54, 1.807) is 6.33 Å². The molecule has 0 spiro atoms. The normalized spacial score (nSPS) is 11.2. The molecule has 0 N–H and O–H groups in total. The molecule has 6 heteroatoms. The third-order valence-electron chi connectivity index (χ3n) is 3.62. The van der Waals surface area contributed by atoms with Gasteiger partial charge in [-0.1, -0.05) is 18.2 Å². The second kappa shape index (κ2) is 8.37. The average Bonchev–Trinajstić information content (AvgIpc) is 3.09. The molecule has 5 nitrogen and oxygen atoms in total. The van der Waals surface area contributed by atoms with Crippen LogP contribution in [0.25, 0.3) is 5.69 Å². The van der Waals surface area contributed by atoms with Crippen LogP contribution in [-0.4, -0.2) is 20.9 Å². The van der Waals surface area contributed by atoms with Gasteiger partial charge in [0.25, 0.3) is 0 Å². The Balaban J connectivity index is 2.03. The smallest absolute Gasteiger partial charge is 0.151 e. The van der Waals surface area contributed by atoms with E-state index in [1.165, 1.54) is 11.8 Å². The largest absolute Gasteiger partial charge is 0.455 e. The minimum absolute atomic E-state index is 0.295. The number of benzene rings is 2. The molecule has 130 valence electrons. The molecule has 0 atom stereocenters. The molecule has 26 heavy (non-hydrogen) atoms. The van der Waals surface area contributed by atoms with E-state index in [-0.39, 0.29) is 0 Å². The van der Waals surface area contributed by atoms with Crippen molar-refractivity contribution >= 4 is 22.5 Å². The monoisotopic (exact) mass is 362 g/mol. The molecule has 0 saturated carbocycles. The SMILES string of the molecule is CSC(CC#N)=Nc1ccc(Oc2ccccc2)c(-n2cnc(C)c2)c1. The van der Waals surface area contributed by atoms with Gasteiger partial charge in [-0.15, -0.1) is 11.8 Å². The van der Waals surface area contributed by atoms with Crippen LogP contribution in [-0.2, 0) is 0 Å². The van der Waals surface area contributed by atoms with Gasteiger partial charge in [0.2, 0.25) is 0 Å². The van der Waals surface area contributed by atoms with Crippen LogP contribution in [0.2, 0.25) is 0 Å². The molecule has 0 saturated heterocycles. The maximum absolute atomic E-state index is 8.91. The van der Waals surface area contributed by atoms with Crippen molar-refractivity contribution in [2.45, 2.75) is 13.3 Å². The van der Waals surface area contributed by atoms with Gasteiger partial charge >= 0.3 is 0 Å². The number of aliphatic imine (C=N–C) groups is 1. The number of hydrogen-bond acceptors (Lipinski definition) is 5. The summed E-state index contributed by atoms with van der Waals surface area (Å²) in [4.78, 5) is 8.88. The molecule has 3 rings (SSSR count). The number of para-hydroxylation sites is 1. The lowest BCUT2D eigenvalue weighted by atomic mass is 10.2. The van der Waals surface area contributed by atoms with Gasteiger partial charge in [0.05, 0.1) is 40.9 Å². The standard InChI is InChI=1S/C20H18N4OS/c1-15-13-24(14-22-15)18-12-16(23-20(26-2)10-11-21)8-9-19(18)25-17-6-4-3-5-7-17/h3-9,12-14H,10H2,1-2H3. The molecule has 1 aromatic heterocycles. The highest BCUT2D eigenvalue weighted by Gasteiger charge is 2.10. The second-order valence-electron chi connectivity index (χ2n) is 5.53. The van der Waals surface area contributed by atoms with E-state index < -0.39 is 0 Å². The maximum Gasteiger partial charge on any atom is 0.151 e. The number of hydrogen-bond donors (Lipinski definition) is 0. The number of rotatable bonds is 5. The predicted molar refractivity (Wildman–Crippen MR) is 106 cm³/mol. The summed E-state index contributed by atoms with van der Waals surface area (Å²) < 4.78 is 7.96. The zero-order chi connectivity index (χ0) is 18.4. The van der Waals surface area contributed by atoms with Crippen molar-refractivity contribution in [3.63, 3.8) is 0 Å². The quantitative estimate of drug-likeness (QED) is 0.457. The van der Waals surface area contributed by atoms with Gasteiger partial charge in [-0.2, -0.15) is 5.26 Å². The summed E-state index contributed by atoms with van der Waals surface area (Å²) in [7, 11) is 0. The number of ether oxygens (including phenoxy) is 1. The van der Waals surface area contributed by atoms with Gasteiger partial charge < -0.3 is 9.30 Å². The van der Waals surface area contributed by atoms with Crippen molar-refractivity contribution in [1.82, 2.24) is 9.55 Å². The molecule has 3 aromatic rings. The minimum atomic E-state index is 0.295. The molecule has 0 unspecified atom stereocenters. The Morgan fingerprint density at radius 3 is 2.73 bits per heavy atom. The summed E-state index contributed by atoms with van der Waals surface area (Å²) in [6, 6.07) is 17.5. The van der Waals surface area contributed by atoms with Crippen LogP contribution in [0, 0.1) is 18.3 Å². The molecule has 1 heterocycles. The zero-order valence-corrected chi connectivity index (χ0v) is 15.4. The van der Waals surface area contributed by atoms with Crippen molar-refractivity contribution in [2.24, 2.45) is 4.99 Å². The van der Waals surface area contributed by atoms with E-state index in [1.807, 2.05) is 72.5 Å². The third kappa shape index (κ3) is 4.32. The van der Waals surface area contributed by atoms with Gasteiger partial charge in [0.15, 0.2) is 5.75 Å². The van der Waals surface area contributed by atoms with Crippen LogP contribution in [0.4, 0.5) is 5.69 Å². The van der Waals surface area contributed by atoms with E-state index in [0.29, 0.717) is 12.2 Å². The van der Waals surface area contributed by atoms with Gasteiger partial charge in [-0.25, -0.2) is 9.98 Å². The Morgan fingerprint density at radius 1 is 1.27 bits per heavy atom. The van der Waals surface area contributed by atoms with E-state index in [0.717, 1.165) is 27.9 Å². The number of aryl methyl sites for hydroxylation is 1. The fraction of sp³-hybridized carbons (Fsp3) is 0.150. The summed E-state index contributed by atoms with van der Waals surface area (Å²) >= 11 is 1.48. The van der Waals surface area contributed by atoms with Crippen molar-refractivity contribution < 1.29 is 4.74 Å². The van der Waals surface area contributed by atoms with Gasteiger partial charge in [0, 0.05) is 6.20 Å². The maximum atomic E-state index is 8.91. The second-order valence-corrected chi connectivity index (χ2v) is 6.41. The first kappa shape index (κ1) is 17.8. The van der Waals surface area contributed by atoms with Crippen LogP contribution in [0.15, 0.2) is 66.0 Å². The Labute approximate surface area is 157 Å². The summed E-state index contributed by atoms with van der Waals surface area (Å²) in [6.07, 6.45) is 5.90. The number of nitrogens with zero attached hydrogens (tertiary/aromatic N) is 4. The highest BCUT2D eigenvalue weighted by Crippen LogP contribution is 2.32. The number of aromatic nitrogens is 2. The first-order chi connectivity index (χ1) is 12.7. The topological polar surface area (TPSA) is 63.2 Å². The van der Waals surface area contributed by atoms with Gasteiger partial charge in [-0.05, 0) is 43.5 Å². The molecule has 0 aliphatic heterocycles. The van der Waals surface area contributed by atoms with E-state index in [2.05, 4.69) is 16.0 Å². The highest BCUT2D eigenvalue weighted by molar-refractivity contribution is 8.13. The van der Waals surface area contributed by atoms with Crippen LogP contribution in [0.5, 0.6) is 11.5 Å². The molecule has 0 fully saturated rings. The van der Waals surface area contributed by atoms with Crippen molar-refractivity contribution in [3.05, 3.63) is 66.7 Å². The first-order valence-electron chi connectivity index (χ1n) is 8.06. The number of nitriles is 1. The third-order valence-corrected chi connectivity index (χ3v) is 4.33. The minimum Gasteiger partial charge on any atom is -0.455 e. The Kier molecular flexibility index (Phi) is 5.72. The lowest BCUT2D eigenvalue weighted by Gasteiger charge is -2.13. The number of imidazole rings is 1. The van der Waals surface area contributed by atoms with Crippen LogP contribution < -0.4 is 4.74 Å². The Bertz CT molecular complexity index is 957. The van der Waals surface area contributed by atoms with E-state index >= 15 is 0 Å². The molecule has 0 bridgehead atoms. The van der Waals surface area contributed by atoms with Crippen molar-refractivity contribution in [3.8, 4) is 23.3 Å². The van der Waals surface area contributed by atoms with Gasteiger partial charge in [-0.3, -0.25) is 0 Å². The van der Waals surface area contributed by atoms with Crippen LogP contribution >= 0.6 is 11.8 Å². The van der Waals surface area contributed by atoms with Crippen LogP contribution in [0.3, 0.4) is 0 Å². The summed E-state index contributed by atoms with van der Waals surface area (Å²) in [5.74, 6) is 1.47. The average molecular weight is 362 g/mol. The highest BCUT2D eigenvalue weighted by atomic mass is 32.2. The van der Waals surface area contributed by atoms with Crippen LogP contribution in [0.1, 0.15) is 12.1 Å². The first-order valence-corrected chi connectivity index (χ1v) is 9.28.